The number of carbonyl (C=O) groups excluding carboxylic acids is 1. The number of amides is 1. The van der Waals surface area contributed by atoms with Gasteiger partial charge in [-0.25, -0.2) is 10.2 Å². The van der Waals surface area contributed by atoms with Gasteiger partial charge >= 0.3 is 5.97 Å². The molecule has 3 aromatic rings. The van der Waals surface area contributed by atoms with Crippen molar-refractivity contribution in [1.29, 1.82) is 0 Å². The molecule has 7 heteroatoms. The highest BCUT2D eigenvalue weighted by atomic mass is 16.5. The molecular weight excluding hydrogens is 360 g/mol. The molecule has 3 rings (SSSR count). The van der Waals surface area contributed by atoms with Crippen LogP contribution in [0.4, 0.5) is 0 Å². The Morgan fingerprint density at radius 2 is 1.86 bits per heavy atom. The average molecular weight is 378 g/mol. The fourth-order valence-electron chi connectivity index (χ4n) is 2.67. The number of carboxylic acids is 1. The van der Waals surface area contributed by atoms with Crippen LogP contribution in [0.2, 0.25) is 0 Å². The number of benzene rings is 3. The predicted molar refractivity (Wildman–Crippen MR) is 105 cm³/mol. The van der Waals surface area contributed by atoms with E-state index in [1.165, 1.54) is 13.3 Å². The summed E-state index contributed by atoms with van der Waals surface area (Å²) in [6.45, 7) is -0.467. The Kier molecular flexibility index (Phi) is 5.86. The number of rotatable bonds is 7. The smallest absolute Gasteiger partial charge is 0.341 e. The van der Waals surface area contributed by atoms with E-state index < -0.39 is 12.6 Å². The van der Waals surface area contributed by atoms with Crippen LogP contribution in [-0.4, -0.2) is 36.9 Å². The molecule has 1 amide bonds. The van der Waals surface area contributed by atoms with E-state index in [1.807, 2.05) is 36.4 Å². The molecular formula is C21H18N2O5. The predicted octanol–water partition coefficient (Wildman–Crippen LogP) is 3.08. The SMILES string of the molecule is COc1cc(/C=N\NC(=O)c2cccc3ccccc23)ccc1OCC(=O)O. The van der Waals surface area contributed by atoms with Gasteiger partial charge in [0.1, 0.15) is 0 Å². The van der Waals surface area contributed by atoms with E-state index in [4.69, 9.17) is 14.6 Å². The van der Waals surface area contributed by atoms with Gasteiger partial charge in [0.05, 0.1) is 13.3 Å². The molecule has 0 aliphatic rings. The molecule has 3 aromatic carbocycles. The summed E-state index contributed by atoms with van der Waals surface area (Å²) < 4.78 is 10.3. The van der Waals surface area contributed by atoms with Crippen LogP contribution in [0.5, 0.6) is 11.5 Å². The van der Waals surface area contributed by atoms with Gasteiger partial charge in [0.25, 0.3) is 5.91 Å². The number of carboxylic acid groups (broad SMARTS) is 1. The summed E-state index contributed by atoms with van der Waals surface area (Å²) >= 11 is 0. The second-order valence-electron chi connectivity index (χ2n) is 5.82. The summed E-state index contributed by atoms with van der Waals surface area (Å²) in [5.41, 5.74) is 3.70. The minimum Gasteiger partial charge on any atom is -0.493 e. The van der Waals surface area contributed by atoms with Gasteiger partial charge in [0, 0.05) is 5.56 Å². The fraction of sp³-hybridized carbons (Fsp3) is 0.0952. The molecule has 0 unspecified atom stereocenters. The highest BCUT2D eigenvalue weighted by Gasteiger charge is 2.09. The zero-order valence-electron chi connectivity index (χ0n) is 15.1. The molecule has 0 aliphatic heterocycles. The van der Waals surface area contributed by atoms with Gasteiger partial charge < -0.3 is 14.6 Å². The summed E-state index contributed by atoms with van der Waals surface area (Å²) in [5.74, 6) is -0.724. The Labute approximate surface area is 161 Å². The minimum atomic E-state index is -1.08. The molecule has 0 spiro atoms. The molecule has 0 radical (unpaired) electrons. The minimum absolute atomic E-state index is 0.307. The van der Waals surface area contributed by atoms with E-state index in [0.29, 0.717) is 22.6 Å². The largest absolute Gasteiger partial charge is 0.493 e. The normalized spacial score (nSPS) is 10.8. The standard InChI is InChI=1S/C21H18N2O5/c1-27-19-11-14(9-10-18(19)28-13-20(24)25)12-22-23-21(26)17-8-4-6-15-5-2-3-7-16(15)17/h2-12H,13H2,1H3,(H,23,26)(H,24,25)/b22-12-. The molecule has 28 heavy (non-hydrogen) atoms. The zero-order chi connectivity index (χ0) is 19.9. The second-order valence-corrected chi connectivity index (χ2v) is 5.82. The van der Waals surface area contributed by atoms with Crippen molar-refractivity contribution in [2.24, 2.45) is 5.10 Å². The molecule has 0 atom stereocenters. The van der Waals surface area contributed by atoms with Gasteiger partial charge in [-0.05, 0) is 40.6 Å². The van der Waals surface area contributed by atoms with Crippen molar-refractivity contribution in [3.8, 4) is 11.5 Å². The molecule has 0 aliphatic carbocycles. The first-order valence-electron chi connectivity index (χ1n) is 8.42. The fourth-order valence-corrected chi connectivity index (χ4v) is 2.67. The topological polar surface area (TPSA) is 97.2 Å². The van der Waals surface area contributed by atoms with Crippen LogP contribution in [0.15, 0.2) is 65.8 Å². The number of hydrogen-bond acceptors (Lipinski definition) is 5. The van der Waals surface area contributed by atoms with Crippen molar-refractivity contribution < 1.29 is 24.2 Å². The molecule has 0 heterocycles. The highest BCUT2D eigenvalue weighted by Crippen LogP contribution is 2.27. The van der Waals surface area contributed by atoms with Crippen LogP contribution in [0.3, 0.4) is 0 Å². The first kappa shape index (κ1) is 18.9. The summed E-state index contributed by atoms with van der Waals surface area (Å²) in [7, 11) is 1.45. The van der Waals surface area contributed by atoms with Crippen LogP contribution >= 0.6 is 0 Å². The maximum Gasteiger partial charge on any atom is 0.341 e. The molecule has 0 saturated heterocycles. The number of nitrogens with zero attached hydrogens (tertiary/aromatic N) is 1. The Hall–Kier alpha value is -3.87. The number of carbonyl (C=O) groups is 2. The summed E-state index contributed by atoms with van der Waals surface area (Å²) in [5, 5.41) is 14.5. The molecule has 7 nitrogen and oxygen atoms in total. The number of fused-ring (bicyclic) bond motifs is 1. The van der Waals surface area contributed by atoms with Gasteiger partial charge in [0.2, 0.25) is 0 Å². The summed E-state index contributed by atoms with van der Waals surface area (Å²) in [6.07, 6.45) is 1.46. The first-order valence-corrected chi connectivity index (χ1v) is 8.42. The third-order valence-electron chi connectivity index (χ3n) is 3.95. The van der Waals surface area contributed by atoms with Crippen molar-refractivity contribution in [2.45, 2.75) is 0 Å². The lowest BCUT2D eigenvalue weighted by Crippen LogP contribution is -2.17. The molecule has 142 valence electrons. The Bertz CT molecular complexity index is 1040. The lowest BCUT2D eigenvalue weighted by Gasteiger charge is -2.09. The monoisotopic (exact) mass is 378 g/mol. The maximum absolute atomic E-state index is 12.4. The van der Waals surface area contributed by atoms with Gasteiger partial charge in [0.15, 0.2) is 18.1 Å². The van der Waals surface area contributed by atoms with E-state index >= 15 is 0 Å². The molecule has 0 bridgehead atoms. The Morgan fingerprint density at radius 1 is 1.07 bits per heavy atom. The summed E-state index contributed by atoms with van der Waals surface area (Å²) in [4.78, 5) is 23.1. The Morgan fingerprint density at radius 3 is 2.64 bits per heavy atom. The second kappa shape index (κ2) is 8.68. The van der Waals surface area contributed by atoms with Crippen molar-refractivity contribution in [1.82, 2.24) is 5.43 Å². The molecule has 0 aromatic heterocycles. The van der Waals surface area contributed by atoms with Crippen LogP contribution in [-0.2, 0) is 4.79 Å². The van der Waals surface area contributed by atoms with E-state index in [1.54, 1.807) is 24.3 Å². The lowest BCUT2D eigenvalue weighted by atomic mass is 10.0. The summed E-state index contributed by atoms with van der Waals surface area (Å²) in [6, 6.07) is 18.0. The quantitative estimate of drug-likeness (QED) is 0.486. The maximum atomic E-state index is 12.4. The van der Waals surface area contributed by atoms with Crippen molar-refractivity contribution in [2.75, 3.05) is 13.7 Å². The highest BCUT2D eigenvalue weighted by molar-refractivity contribution is 6.07. The van der Waals surface area contributed by atoms with E-state index in [9.17, 15) is 9.59 Å². The number of aliphatic carboxylic acids is 1. The molecule has 0 fully saturated rings. The van der Waals surface area contributed by atoms with Gasteiger partial charge in [-0.2, -0.15) is 5.10 Å². The van der Waals surface area contributed by atoms with E-state index in [0.717, 1.165) is 10.8 Å². The van der Waals surface area contributed by atoms with Crippen molar-refractivity contribution in [3.05, 3.63) is 71.8 Å². The van der Waals surface area contributed by atoms with Crippen LogP contribution in [0.1, 0.15) is 15.9 Å². The van der Waals surface area contributed by atoms with Gasteiger partial charge in [-0.3, -0.25) is 4.79 Å². The van der Waals surface area contributed by atoms with Crippen molar-refractivity contribution >= 4 is 28.9 Å². The third-order valence-corrected chi connectivity index (χ3v) is 3.95. The third kappa shape index (κ3) is 4.45. The van der Waals surface area contributed by atoms with Crippen molar-refractivity contribution in [3.63, 3.8) is 0 Å². The van der Waals surface area contributed by atoms with Crippen LogP contribution in [0, 0.1) is 0 Å². The number of hydrogen-bond donors (Lipinski definition) is 2. The van der Waals surface area contributed by atoms with E-state index in [2.05, 4.69) is 10.5 Å². The van der Waals surface area contributed by atoms with Gasteiger partial charge in [-0.15, -0.1) is 0 Å². The Balaban J connectivity index is 1.71. The molecule has 0 saturated carbocycles. The number of hydrazone groups is 1. The van der Waals surface area contributed by atoms with E-state index in [-0.39, 0.29) is 5.91 Å². The number of methoxy groups -OCH3 is 1. The average Bonchev–Trinajstić information content (AvgIpc) is 2.72. The number of ether oxygens (including phenoxy) is 2. The lowest BCUT2D eigenvalue weighted by molar-refractivity contribution is -0.139. The molecule has 2 N–H and O–H groups in total. The number of nitrogens with one attached hydrogen (secondary N) is 1. The van der Waals surface area contributed by atoms with Gasteiger partial charge in [-0.1, -0.05) is 36.4 Å². The van der Waals surface area contributed by atoms with Crippen LogP contribution in [0.25, 0.3) is 10.8 Å². The first-order chi connectivity index (χ1) is 13.6. The van der Waals surface area contributed by atoms with Crippen LogP contribution < -0.4 is 14.9 Å². The zero-order valence-corrected chi connectivity index (χ0v) is 15.1.